The smallest absolute Gasteiger partial charge is 0.140 e. The first kappa shape index (κ1) is 15.9. The lowest BCUT2D eigenvalue weighted by Crippen LogP contribution is -2.21. The van der Waals surface area contributed by atoms with Crippen molar-refractivity contribution in [3.8, 4) is 0 Å². The summed E-state index contributed by atoms with van der Waals surface area (Å²) >= 11 is 0. The van der Waals surface area contributed by atoms with E-state index in [1.807, 2.05) is 12.3 Å². The van der Waals surface area contributed by atoms with Crippen LogP contribution in [0.15, 0.2) is 24.5 Å². The zero-order chi connectivity index (χ0) is 15.1. The Morgan fingerprint density at radius 3 is 2.90 bits per heavy atom. The molecule has 0 unspecified atom stereocenters. The van der Waals surface area contributed by atoms with Gasteiger partial charge in [0.15, 0.2) is 0 Å². The van der Waals surface area contributed by atoms with Gasteiger partial charge in [0.2, 0.25) is 0 Å². The molecule has 0 saturated carbocycles. The predicted molar refractivity (Wildman–Crippen MR) is 84.4 cm³/mol. The Morgan fingerprint density at radius 2 is 2.14 bits per heavy atom. The fourth-order valence-corrected chi connectivity index (χ4v) is 2.23. The molecule has 0 amide bonds. The van der Waals surface area contributed by atoms with Crippen LogP contribution in [0.1, 0.15) is 19.4 Å². The van der Waals surface area contributed by atoms with Crippen LogP contribution in [0.2, 0.25) is 0 Å². The van der Waals surface area contributed by atoms with Crippen molar-refractivity contribution in [3.63, 3.8) is 0 Å². The molecule has 0 spiro atoms. The van der Waals surface area contributed by atoms with Crippen LogP contribution in [0.25, 0.3) is 11.0 Å². The number of ether oxygens (including phenoxy) is 2. The van der Waals surface area contributed by atoms with Crippen molar-refractivity contribution in [2.24, 2.45) is 0 Å². The molecule has 5 heteroatoms. The maximum atomic E-state index is 5.55. The maximum Gasteiger partial charge on any atom is 0.140 e. The first-order valence-electron chi connectivity index (χ1n) is 7.45. The number of aromatic nitrogens is 2. The van der Waals surface area contributed by atoms with Crippen molar-refractivity contribution in [2.45, 2.75) is 33.0 Å². The standard InChI is InChI=1S/C16H25N3O2/c1-13(2)18-11-14-12-19(7-8-21-10-9-20-3)16-15(14)5-4-6-17-16/h4-6,12-13,18H,7-11H2,1-3H3. The van der Waals surface area contributed by atoms with Crippen LogP contribution < -0.4 is 5.32 Å². The van der Waals surface area contributed by atoms with Gasteiger partial charge in [0.1, 0.15) is 5.65 Å². The van der Waals surface area contributed by atoms with Crippen molar-refractivity contribution >= 4 is 11.0 Å². The lowest BCUT2D eigenvalue weighted by atomic mass is 10.2. The second kappa shape index (κ2) is 8.12. The SMILES string of the molecule is COCCOCCn1cc(CNC(C)C)c2cccnc21. The fraction of sp³-hybridized carbons (Fsp3) is 0.562. The van der Waals surface area contributed by atoms with E-state index in [1.54, 1.807) is 7.11 Å². The first-order valence-corrected chi connectivity index (χ1v) is 7.45. The topological polar surface area (TPSA) is 48.3 Å². The summed E-state index contributed by atoms with van der Waals surface area (Å²) in [6, 6.07) is 4.58. The molecule has 21 heavy (non-hydrogen) atoms. The Balaban J connectivity index is 2.04. The summed E-state index contributed by atoms with van der Waals surface area (Å²) < 4.78 is 12.7. The molecule has 0 aliphatic heterocycles. The highest BCUT2D eigenvalue weighted by Crippen LogP contribution is 2.19. The number of hydrogen-bond acceptors (Lipinski definition) is 4. The summed E-state index contributed by atoms with van der Waals surface area (Å²) in [5.41, 5.74) is 2.30. The van der Waals surface area contributed by atoms with Gasteiger partial charge in [0.05, 0.1) is 19.8 Å². The minimum Gasteiger partial charge on any atom is -0.382 e. The third-order valence-electron chi connectivity index (χ3n) is 3.33. The molecule has 0 atom stereocenters. The molecule has 0 bridgehead atoms. The third kappa shape index (κ3) is 4.52. The van der Waals surface area contributed by atoms with Crippen LogP contribution in [-0.4, -0.2) is 42.5 Å². The molecule has 116 valence electrons. The zero-order valence-electron chi connectivity index (χ0n) is 13.1. The second-order valence-corrected chi connectivity index (χ2v) is 5.36. The highest BCUT2D eigenvalue weighted by Gasteiger charge is 2.09. The lowest BCUT2D eigenvalue weighted by molar-refractivity contribution is 0.0669. The van der Waals surface area contributed by atoms with Crippen LogP contribution in [0.5, 0.6) is 0 Å². The van der Waals surface area contributed by atoms with E-state index in [0.717, 1.165) is 18.7 Å². The van der Waals surface area contributed by atoms with Crippen molar-refractivity contribution in [2.75, 3.05) is 26.9 Å². The maximum absolute atomic E-state index is 5.55. The van der Waals surface area contributed by atoms with Crippen molar-refractivity contribution in [1.29, 1.82) is 0 Å². The molecule has 1 N–H and O–H groups in total. The van der Waals surface area contributed by atoms with Gasteiger partial charge in [0.25, 0.3) is 0 Å². The Bertz CT molecular complexity index is 551. The van der Waals surface area contributed by atoms with Crippen LogP contribution in [0.3, 0.4) is 0 Å². The summed E-state index contributed by atoms with van der Waals surface area (Å²) in [6.07, 6.45) is 4.01. The molecule has 0 fully saturated rings. The summed E-state index contributed by atoms with van der Waals surface area (Å²) in [5, 5.41) is 4.67. The Kier molecular flexibility index (Phi) is 6.17. The van der Waals surface area contributed by atoms with Crippen molar-refractivity contribution in [1.82, 2.24) is 14.9 Å². The second-order valence-electron chi connectivity index (χ2n) is 5.36. The summed E-state index contributed by atoms with van der Waals surface area (Å²) in [5.74, 6) is 0. The molecule has 0 aliphatic rings. The molecule has 2 rings (SSSR count). The number of rotatable bonds is 9. The Morgan fingerprint density at radius 1 is 1.29 bits per heavy atom. The molecule has 0 radical (unpaired) electrons. The number of fused-ring (bicyclic) bond motifs is 1. The minimum atomic E-state index is 0.470. The molecule has 2 aromatic rings. The Labute approximate surface area is 126 Å². The van der Waals surface area contributed by atoms with E-state index in [-0.39, 0.29) is 0 Å². The van der Waals surface area contributed by atoms with Gasteiger partial charge in [-0.2, -0.15) is 0 Å². The fourth-order valence-electron chi connectivity index (χ4n) is 2.23. The molecular weight excluding hydrogens is 266 g/mol. The number of hydrogen-bond donors (Lipinski definition) is 1. The van der Waals surface area contributed by atoms with Crippen LogP contribution in [0, 0.1) is 0 Å². The summed E-state index contributed by atoms with van der Waals surface area (Å²) in [7, 11) is 1.68. The van der Waals surface area contributed by atoms with Gasteiger partial charge in [-0.3, -0.25) is 0 Å². The normalized spacial score (nSPS) is 11.6. The third-order valence-corrected chi connectivity index (χ3v) is 3.33. The highest BCUT2D eigenvalue weighted by molar-refractivity contribution is 5.80. The van der Waals surface area contributed by atoms with E-state index in [0.29, 0.717) is 25.9 Å². The lowest BCUT2D eigenvalue weighted by Gasteiger charge is -2.06. The molecule has 0 saturated heterocycles. The van der Waals surface area contributed by atoms with E-state index in [1.165, 1.54) is 10.9 Å². The molecule has 5 nitrogen and oxygen atoms in total. The zero-order valence-corrected chi connectivity index (χ0v) is 13.1. The van der Waals surface area contributed by atoms with Gasteiger partial charge in [0, 0.05) is 44.0 Å². The van der Waals surface area contributed by atoms with Gasteiger partial charge in [-0.15, -0.1) is 0 Å². The van der Waals surface area contributed by atoms with Gasteiger partial charge in [-0.25, -0.2) is 4.98 Å². The average molecular weight is 291 g/mol. The van der Waals surface area contributed by atoms with E-state index < -0.39 is 0 Å². The molecular formula is C16H25N3O2. The van der Waals surface area contributed by atoms with E-state index in [2.05, 4.69) is 41.0 Å². The van der Waals surface area contributed by atoms with Gasteiger partial charge in [-0.05, 0) is 17.7 Å². The minimum absolute atomic E-state index is 0.470. The van der Waals surface area contributed by atoms with Crippen LogP contribution in [-0.2, 0) is 22.6 Å². The van der Waals surface area contributed by atoms with E-state index >= 15 is 0 Å². The monoisotopic (exact) mass is 291 g/mol. The highest BCUT2D eigenvalue weighted by atomic mass is 16.5. The summed E-state index contributed by atoms with van der Waals surface area (Å²) in [4.78, 5) is 4.50. The number of pyridine rings is 1. The van der Waals surface area contributed by atoms with E-state index in [9.17, 15) is 0 Å². The molecule has 0 aromatic carbocycles. The summed E-state index contributed by atoms with van der Waals surface area (Å²) in [6.45, 7) is 7.90. The van der Waals surface area contributed by atoms with Crippen molar-refractivity contribution in [3.05, 3.63) is 30.1 Å². The number of nitrogens with one attached hydrogen (secondary N) is 1. The Hall–Kier alpha value is -1.43. The van der Waals surface area contributed by atoms with Crippen LogP contribution in [0.4, 0.5) is 0 Å². The van der Waals surface area contributed by atoms with E-state index in [4.69, 9.17) is 9.47 Å². The molecule has 2 aromatic heterocycles. The van der Waals surface area contributed by atoms with Crippen molar-refractivity contribution < 1.29 is 9.47 Å². The predicted octanol–water partition coefficient (Wildman–Crippen LogP) is 2.20. The largest absolute Gasteiger partial charge is 0.382 e. The quantitative estimate of drug-likeness (QED) is 0.720. The number of methoxy groups -OCH3 is 1. The van der Waals surface area contributed by atoms with Crippen LogP contribution >= 0.6 is 0 Å². The van der Waals surface area contributed by atoms with Gasteiger partial charge >= 0.3 is 0 Å². The molecule has 0 aliphatic carbocycles. The average Bonchev–Trinajstić information content (AvgIpc) is 2.83. The van der Waals surface area contributed by atoms with Gasteiger partial charge in [-0.1, -0.05) is 13.8 Å². The molecule has 2 heterocycles. The number of nitrogens with zero attached hydrogens (tertiary/aromatic N) is 2. The van der Waals surface area contributed by atoms with Gasteiger partial charge < -0.3 is 19.4 Å². The first-order chi connectivity index (χ1) is 10.2.